The van der Waals surface area contributed by atoms with Gasteiger partial charge in [-0.2, -0.15) is 0 Å². The zero-order valence-corrected chi connectivity index (χ0v) is 10.5. The van der Waals surface area contributed by atoms with Crippen LogP contribution in [0.3, 0.4) is 0 Å². The molecule has 2 aromatic rings. The van der Waals surface area contributed by atoms with Crippen LogP contribution in [0.4, 0.5) is 17.2 Å². The molecule has 2 rings (SSSR count). The van der Waals surface area contributed by atoms with Gasteiger partial charge in [0.05, 0.1) is 0 Å². The Kier molecular flexibility index (Phi) is 3.36. The van der Waals surface area contributed by atoms with Crippen molar-refractivity contribution in [3.05, 3.63) is 40.3 Å². The van der Waals surface area contributed by atoms with Gasteiger partial charge in [-0.05, 0) is 25.1 Å². The second-order valence-electron chi connectivity index (χ2n) is 3.46. The fraction of sp³-hybridized carbons (Fsp3) is 0.0909. The van der Waals surface area contributed by atoms with E-state index >= 15 is 0 Å². The molecule has 0 unspecified atom stereocenters. The molecule has 0 bridgehead atoms. The van der Waals surface area contributed by atoms with Crippen LogP contribution in [0, 0.1) is 6.92 Å². The quantitative estimate of drug-likeness (QED) is 0.820. The molecular weight excluding hydrogens is 259 g/mol. The summed E-state index contributed by atoms with van der Waals surface area (Å²) in [4.78, 5) is 8.14. The largest absolute Gasteiger partial charge is 0.393 e. The Hall–Kier alpha value is -1.52. The van der Waals surface area contributed by atoms with E-state index in [1.54, 1.807) is 19.1 Å². The molecule has 0 aliphatic heterocycles. The number of benzene rings is 1. The minimum absolute atomic E-state index is 0.238. The van der Waals surface area contributed by atoms with Gasteiger partial charge in [-0.15, -0.1) is 0 Å². The molecule has 1 heterocycles. The molecule has 0 amide bonds. The summed E-state index contributed by atoms with van der Waals surface area (Å²) in [6.07, 6.45) is 0. The summed E-state index contributed by atoms with van der Waals surface area (Å²) in [6.45, 7) is 1.74. The van der Waals surface area contributed by atoms with Gasteiger partial charge in [-0.1, -0.05) is 29.3 Å². The van der Waals surface area contributed by atoms with Crippen molar-refractivity contribution in [3.8, 4) is 0 Å². The van der Waals surface area contributed by atoms with Gasteiger partial charge < -0.3 is 11.1 Å². The first-order chi connectivity index (χ1) is 8.06. The summed E-state index contributed by atoms with van der Waals surface area (Å²) < 4.78 is 0. The lowest BCUT2D eigenvalue weighted by molar-refractivity contribution is 1.06. The number of aromatic nitrogens is 2. The third-order valence-corrected chi connectivity index (χ3v) is 2.62. The highest BCUT2D eigenvalue weighted by Crippen LogP contribution is 2.27. The topological polar surface area (TPSA) is 63.8 Å². The summed E-state index contributed by atoms with van der Waals surface area (Å²) in [7, 11) is 0. The second kappa shape index (κ2) is 4.77. The van der Waals surface area contributed by atoms with Gasteiger partial charge in [0.25, 0.3) is 0 Å². The van der Waals surface area contributed by atoms with E-state index in [1.165, 1.54) is 0 Å². The maximum Gasteiger partial charge on any atom is 0.158 e. The minimum atomic E-state index is 0.238. The number of nitrogen functional groups attached to an aromatic ring is 1. The number of nitrogens with two attached hydrogens (primary N) is 1. The number of nitrogens with one attached hydrogen (secondary N) is 1. The number of aryl methyl sites for hydroxylation is 1. The lowest BCUT2D eigenvalue weighted by Crippen LogP contribution is -2.03. The number of rotatable bonds is 2. The van der Waals surface area contributed by atoms with Crippen LogP contribution in [0.5, 0.6) is 0 Å². The van der Waals surface area contributed by atoms with Crippen LogP contribution in [0.15, 0.2) is 24.3 Å². The van der Waals surface area contributed by atoms with Gasteiger partial charge in [0, 0.05) is 10.7 Å². The predicted octanol–water partition coefficient (Wildman–Crippen LogP) is 3.42. The molecule has 17 heavy (non-hydrogen) atoms. The fourth-order valence-corrected chi connectivity index (χ4v) is 1.75. The van der Waals surface area contributed by atoms with Gasteiger partial charge >= 0.3 is 0 Å². The fourth-order valence-electron chi connectivity index (χ4n) is 1.35. The normalized spacial score (nSPS) is 10.3. The molecule has 0 aliphatic carbocycles. The van der Waals surface area contributed by atoms with Crippen molar-refractivity contribution in [1.29, 1.82) is 0 Å². The van der Waals surface area contributed by atoms with E-state index in [1.807, 2.05) is 12.1 Å². The molecule has 1 aromatic carbocycles. The second-order valence-corrected chi connectivity index (χ2v) is 4.25. The Morgan fingerprint density at radius 3 is 2.71 bits per heavy atom. The van der Waals surface area contributed by atoms with E-state index in [0.717, 1.165) is 5.69 Å². The highest BCUT2D eigenvalue weighted by atomic mass is 35.5. The van der Waals surface area contributed by atoms with Crippen molar-refractivity contribution in [2.24, 2.45) is 0 Å². The van der Waals surface area contributed by atoms with E-state index in [2.05, 4.69) is 15.3 Å². The number of hydrogen-bond donors (Lipinski definition) is 2. The molecule has 88 valence electrons. The van der Waals surface area contributed by atoms with Gasteiger partial charge in [-0.25, -0.2) is 9.97 Å². The van der Waals surface area contributed by atoms with Crippen LogP contribution >= 0.6 is 23.2 Å². The molecule has 0 fully saturated rings. The number of anilines is 3. The number of hydrogen-bond acceptors (Lipinski definition) is 4. The van der Waals surface area contributed by atoms with Crippen molar-refractivity contribution in [1.82, 2.24) is 9.97 Å². The Bertz CT molecular complexity index is 557. The molecule has 0 saturated heterocycles. The maximum absolute atomic E-state index is 5.88. The first-order valence-corrected chi connectivity index (χ1v) is 5.64. The van der Waals surface area contributed by atoms with E-state index in [-0.39, 0.29) is 5.15 Å². The van der Waals surface area contributed by atoms with Gasteiger partial charge in [0.1, 0.15) is 11.5 Å². The molecule has 0 aliphatic rings. The number of nitrogens with zero attached hydrogens (tertiary/aromatic N) is 2. The van der Waals surface area contributed by atoms with Crippen LogP contribution in [-0.2, 0) is 0 Å². The third kappa shape index (κ3) is 2.78. The van der Waals surface area contributed by atoms with Crippen molar-refractivity contribution in [3.63, 3.8) is 0 Å². The molecule has 1 aromatic heterocycles. The van der Waals surface area contributed by atoms with Gasteiger partial charge in [0.2, 0.25) is 0 Å². The lowest BCUT2D eigenvalue weighted by Gasteiger charge is -2.10. The van der Waals surface area contributed by atoms with Crippen LogP contribution in [0.25, 0.3) is 0 Å². The zero-order chi connectivity index (χ0) is 12.4. The number of halogens is 2. The standard InChI is InChI=1S/C11H10Cl2N4/c1-6-15-10(13)9(14)11(16-6)17-8-4-2-3-7(12)5-8/h2-5H,14H2,1H3,(H,15,16,17). The monoisotopic (exact) mass is 268 g/mol. The van der Waals surface area contributed by atoms with Crippen molar-refractivity contribution in [2.75, 3.05) is 11.1 Å². The van der Waals surface area contributed by atoms with Crippen molar-refractivity contribution in [2.45, 2.75) is 6.92 Å². The molecule has 4 nitrogen and oxygen atoms in total. The summed E-state index contributed by atoms with van der Waals surface area (Å²) in [6, 6.07) is 7.24. The summed E-state index contributed by atoms with van der Waals surface area (Å²) in [5, 5.41) is 3.92. The Morgan fingerprint density at radius 2 is 2.00 bits per heavy atom. The maximum atomic E-state index is 5.88. The van der Waals surface area contributed by atoms with E-state index in [4.69, 9.17) is 28.9 Å². The summed E-state index contributed by atoms with van der Waals surface area (Å²) in [5.74, 6) is 1.03. The highest BCUT2D eigenvalue weighted by Gasteiger charge is 2.08. The smallest absolute Gasteiger partial charge is 0.158 e. The van der Waals surface area contributed by atoms with Crippen molar-refractivity contribution < 1.29 is 0 Å². The van der Waals surface area contributed by atoms with Crippen LogP contribution < -0.4 is 11.1 Å². The van der Waals surface area contributed by atoms with Crippen LogP contribution in [0.1, 0.15) is 5.82 Å². The molecule has 0 atom stereocenters. The Labute approximate surface area is 109 Å². The highest BCUT2D eigenvalue weighted by molar-refractivity contribution is 6.32. The minimum Gasteiger partial charge on any atom is -0.393 e. The molecule has 0 spiro atoms. The summed E-state index contributed by atoms with van der Waals surface area (Å²) in [5.41, 5.74) is 6.89. The average molecular weight is 269 g/mol. The first-order valence-electron chi connectivity index (χ1n) is 4.88. The average Bonchev–Trinajstić information content (AvgIpc) is 2.25. The predicted molar refractivity (Wildman–Crippen MR) is 70.9 cm³/mol. The lowest BCUT2D eigenvalue weighted by atomic mass is 10.3. The van der Waals surface area contributed by atoms with E-state index < -0.39 is 0 Å². The zero-order valence-electron chi connectivity index (χ0n) is 9.04. The molecule has 3 N–H and O–H groups in total. The Morgan fingerprint density at radius 1 is 1.24 bits per heavy atom. The van der Waals surface area contributed by atoms with E-state index in [0.29, 0.717) is 22.4 Å². The van der Waals surface area contributed by atoms with E-state index in [9.17, 15) is 0 Å². The Balaban J connectivity index is 2.36. The molecule has 0 radical (unpaired) electrons. The molecular formula is C11H10Cl2N4. The van der Waals surface area contributed by atoms with Gasteiger partial charge in [-0.3, -0.25) is 0 Å². The molecule has 6 heteroatoms. The van der Waals surface area contributed by atoms with Crippen molar-refractivity contribution >= 4 is 40.4 Å². The van der Waals surface area contributed by atoms with Gasteiger partial charge in [0.15, 0.2) is 11.0 Å². The van der Waals surface area contributed by atoms with Crippen LogP contribution in [-0.4, -0.2) is 9.97 Å². The third-order valence-electron chi connectivity index (χ3n) is 2.10. The summed E-state index contributed by atoms with van der Waals surface area (Å²) >= 11 is 11.8. The van der Waals surface area contributed by atoms with Crippen LogP contribution in [0.2, 0.25) is 10.2 Å². The SMILES string of the molecule is Cc1nc(Cl)c(N)c(Nc2cccc(Cl)c2)n1. The molecule has 0 saturated carbocycles. The first kappa shape index (κ1) is 12.0.